The van der Waals surface area contributed by atoms with Gasteiger partial charge in [0.1, 0.15) is 11.6 Å². The van der Waals surface area contributed by atoms with Gasteiger partial charge in [-0.2, -0.15) is 0 Å². The Kier molecular flexibility index (Phi) is 6.09. The van der Waals surface area contributed by atoms with Crippen molar-refractivity contribution in [2.75, 3.05) is 24.9 Å². The number of benzene rings is 2. The van der Waals surface area contributed by atoms with Crippen molar-refractivity contribution in [1.29, 1.82) is 0 Å². The molecule has 0 atom stereocenters. The van der Waals surface area contributed by atoms with E-state index >= 15 is 0 Å². The van der Waals surface area contributed by atoms with E-state index in [1.807, 2.05) is 25.1 Å². The normalized spacial score (nSPS) is 10.2. The van der Waals surface area contributed by atoms with E-state index in [0.717, 1.165) is 11.3 Å². The second kappa shape index (κ2) is 8.88. The minimum Gasteiger partial charge on any atom is -0.495 e. The Hall–Kier alpha value is -3.87. The number of hydrogen-bond donors (Lipinski definition) is 2. The topological polar surface area (TPSA) is 89.5 Å². The van der Waals surface area contributed by atoms with Gasteiger partial charge in [0.05, 0.1) is 31.2 Å². The predicted octanol–water partition coefficient (Wildman–Crippen LogP) is 4.18. The Labute approximate surface area is 168 Å². The molecule has 148 valence electrons. The molecule has 0 bridgehead atoms. The van der Waals surface area contributed by atoms with Gasteiger partial charge in [0.25, 0.3) is 5.91 Å². The zero-order chi connectivity index (χ0) is 20.8. The molecule has 0 aliphatic heterocycles. The van der Waals surface area contributed by atoms with Crippen LogP contribution in [-0.4, -0.2) is 31.1 Å². The highest BCUT2D eigenvalue weighted by Gasteiger charge is 2.15. The number of hydrogen-bond acceptors (Lipinski definition) is 6. The molecule has 3 rings (SSSR count). The maximum atomic E-state index is 12.7. The van der Waals surface area contributed by atoms with Crippen LogP contribution in [0.1, 0.15) is 26.3 Å². The first-order chi connectivity index (χ1) is 14.0. The number of esters is 1. The van der Waals surface area contributed by atoms with E-state index in [1.54, 1.807) is 43.5 Å². The number of nitrogens with one attached hydrogen (secondary N) is 2. The summed E-state index contributed by atoms with van der Waals surface area (Å²) in [6.07, 6.45) is 1.53. The maximum absolute atomic E-state index is 12.7. The van der Waals surface area contributed by atoms with E-state index in [4.69, 9.17) is 9.47 Å². The van der Waals surface area contributed by atoms with Crippen LogP contribution in [0.5, 0.6) is 5.75 Å². The van der Waals surface area contributed by atoms with Crippen molar-refractivity contribution in [3.8, 4) is 5.75 Å². The molecular weight excluding hydrogens is 370 g/mol. The molecule has 1 aromatic heterocycles. The fourth-order valence-corrected chi connectivity index (χ4v) is 2.77. The molecule has 0 saturated heterocycles. The van der Waals surface area contributed by atoms with Crippen molar-refractivity contribution in [3.63, 3.8) is 0 Å². The van der Waals surface area contributed by atoms with Gasteiger partial charge in [0.2, 0.25) is 0 Å². The first-order valence-electron chi connectivity index (χ1n) is 8.88. The van der Waals surface area contributed by atoms with Crippen molar-refractivity contribution >= 4 is 29.1 Å². The molecule has 7 nitrogen and oxygen atoms in total. The summed E-state index contributed by atoms with van der Waals surface area (Å²) in [5, 5.41) is 5.92. The van der Waals surface area contributed by atoms with Crippen LogP contribution in [0.15, 0.2) is 60.8 Å². The number of nitrogens with zero attached hydrogens (tertiary/aromatic N) is 1. The Bertz CT molecular complexity index is 1050. The Balaban J connectivity index is 1.83. The Morgan fingerprint density at radius 3 is 2.52 bits per heavy atom. The van der Waals surface area contributed by atoms with Crippen molar-refractivity contribution in [1.82, 2.24) is 4.98 Å². The van der Waals surface area contributed by atoms with Crippen LogP contribution in [0.3, 0.4) is 0 Å². The third-order valence-electron chi connectivity index (χ3n) is 4.22. The molecule has 1 heterocycles. The number of carbonyl (C=O) groups excluding carboxylic acids is 2. The quantitative estimate of drug-likeness (QED) is 0.613. The van der Waals surface area contributed by atoms with Crippen molar-refractivity contribution < 1.29 is 19.1 Å². The lowest BCUT2D eigenvalue weighted by atomic mass is 10.1. The Morgan fingerprint density at radius 2 is 1.76 bits per heavy atom. The highest BCUT2D eigenvalue weighted by molar-refractivity contribution is 6.08. The summed E-state index contributed by atoms with van der Waals surface area (Å²) < 4.78 is 10.1. The second-order valence-electron chi connectivity index (χ2n) is 6.25. The molecule has 2 N–H and O–H groups in total. The van der Waals surface area contributed by atoms with Crippen molar-refractivity contribution in [3.05, 3.63) is 77.5 Å². The van der Waals surface area contributed by atoms with Gasteiger partial charge in [-0.15, -0.1) is 0 Å². The van der Waals surface area contributed by atoms with E-state index in [2.05, 4.69) is 15.6 Å². The number of pyridine rings is 1. The molecular formula is C22H21N3O4. The molecule has 0 fully saturated rings. The van der Waals surface area contributed by atoms with Gasteiger partial charge in [-0.3, -0.25) is 4.79 Å². The van der Waals surface area contributed by atoms with Crippen LogP contribution >= 0.6 is 0 Å². The molecule has 0 spiro atoms. The largest absolute Gasteiger partial charge is 0.495 e. The van der Waals surface area contributed by atoms with Crippen LogP contribution in [0.2, 0.25) is 0 Å². The summed E-state index contributed by atoms with van der Waals surface area (Å²) in [4.78, 5) is 28.9. The van der Waals surface area contributed by atoms with Gasteiger partial charge in [-0.1, -0.05) is 18.2 Å². The summed E-state index contributed by atoms with van der Waals surface area (Å²) >= 11 is 0. The lowest BCUT2D eigenvalue weighted by Gasteiger charge is -2.13. The molecule has 0 aliphatic carbocycles. The lowest BCUT2D eigenvalue weighted by molar-refractivity contribution is 0.0602. The number of methoxy groups -OCH3 is 2. The minimum absolute atomic E-state index is 0.278. The molecule has 0 radical (unpaired) electrons. The summed E-state index contributed by atoms with van der Waals surface area (Å²) in [6, 6.07) is 15.6. The highest BCUT2D eigenvalue weighted by atomic mass is 16.5. The van der Waals surface area contributed by atoms with Crippen LogP contribution in [0.4, 0.5) is 17.2 Å². The van der Waals surface area contributed by atoms with Gasteiger partial charge in [0, 0.05) is 11.8 Å². The second-order valence-corrected chi connectivity index (χ2v) is 6.25. The summed E-state index contributed by atoms with van der Waals surface area (Å²) in [7, 11) is 2.88. The van der Waals surface area contributed by atoms with Gasteiger partial charge >= 0.3 is 5.97 Å². The molecule has 3 aromatic rings. The first kappa shape index (κ1) is 19.9. The van der Waals surface area contributed by atoms with Gasteiger partial charge in [0.15, 0.2) is 0 Å². The lowest BCUT2D eigenvalue weighted by Crippen LogP contribution is -2.15. The number of carbonyl (C=O) groups is 2. The number of aromatic nitrogens is 1. The van der Waals surface area contributed by atoms with Gasteiger partial charge in [-0.05, 0) is 48.9 Å². The van der Waals surface area contributed by atoms with Gasteiger partial charge in [-0.25, -0.2) is 9.78 Å². The third kappa shape index (κ3) is 4.70. The van der Waals surface area contributed by atoms with Crippen molar-refractivity contribution in [2.24, 2.45) is 0 Å². The molecule has 7 heteroatoms. The molecule has 1 amide bonds. The average molecular weight is 391 g/mol. The summed E-state index contributed by atoms with van der Waals surface area (Å²) in [6.45, 7) is 1.97. The maximum Gasteiger partial charge on any atom is 0.339 e. The van der Waals surface area contributed by atoms with E-state index in [0.29, 0.717) is 22.8 Å². The van der Waals surface area contributed by atoms with Crippen molar-refractivity contribution in [2.45, 2.75) is 6.92 Å². The van der Waals surface area contributed by atoms with E-state index in [9.17, 15) is 9.59 Å². The molecule has 29 heavy (non-hydrogen) atoms. The zero-order valence-corrected chi connectivity index (χ0v) is 16.4. The number of amides is 1. The third-order valence-corrected chi connectivity index (χ3v) is 4.22. The molecule has 0 aliphatic rings. The van der Waals surface area contributed by atoms with Crippen LogP contribution in [-0.2, 0) is 4.74 Å². The zero-order valence-electron chi connectivity index (χ0n) is 16.4. The fraction of sp³-hybridized carbons (Fsp3) is 0.136. The smallest absolute Gasteiger partial charge is 0.339 e. The summed E-state index contributed by atoms with van der Waals surface area (Å²) in [5.41, 5.74) is 2.83. The number of ether oxygens (including phenoxy) is 2. The van der Waals surface area contributed by atoms with E-state index < -0.39 is 5.97 Å². The average Bonchev–Trinajstić information content (AvgIpc) is 2.74. The summed E-state index contributed by atoms with van der Waals surface area (Å²) in [5.74, 6) is 0.259. The van der Waals surface area contributed by atoms with Crippen LogP contribution in [0.25, 0.3) is 0 Å². The number of rotatable bonds is 6. The van der Waals surface area contributed by atoms with E-state index in [1.165, 1.54) is 13.3 Å². The molecule has 2 aromatic carbocycles. The monoisotopic (exact) mass is 391 g/mol. The van der Waals surface area contributed by atoms with E-state index in [-0.39, 0.29) is 11.5 Å². The Morgan fingerprint density at radius 1 is 0.966 bits per heavy atom. The number of aryl methyl sites for hydroxylation is 1. The number of anilines is 3. The van der Waals surface area contributed by atoms with Crippen LogP contribution in [0, 0.1) is 6.92 Å². The SMILES string of the molecule is COC(=O)c1ccccc1NC(=O)c1ccnc(Nc2cc(C)ccc2OC)c1. The first-order valence-corrected chi connectivity index (χ1v) is 8.88. The van der Waals surface area contributed by atoms with Gasteiger partial charge < -0.3 is 20.1 Å². The number of para-hydroxylation sites is 1. The minimum atomic E-state index is -0.524. The fourth-order valence-electron chi connectivity index (χ4n) is 2.77. The standard InChI is InChI=1S/C22H21N3O4/c1-14-8-9-19(28-2)18(12-14)24-20-13-15(10-11-23-20)21(26)25-17-7-5-4-6-16(17)22(27)29-3/h4-13H,1-3H3,(H,23,24)(H,25,26). The molecule has 0 saturated carbocycles. The van der Waals surface area contributed by atoms with Crippen LogP contribution < -0.4 is 15.4 Å². The molecule has 0 unspecified atom stereocenters. The predicted molar refractivity (Wildman–Crippen MR) is 111 cm³/mol. The highest BCUT2D eigenvalue weighted by Crippen LogP contribution is 2.28.